The molecule has 146 valence electrons. The quantitative estimate of drug-likeness (QED) is 0.647. The lowest BCUT2D eigenvalue weighted by molar-refractivity contribution is -0.119. The second kappa shape index (κ2) is 9.66. The summed E-state index contributed by atoms with van der Waals surface area (Å²) in [5.41, 5.74) is 1.54. The summed E-state index contributed by atoms with van der Waals surface area (Å²) in [5.74, 6) is -0.337. The van der Waals surface area contributed by atoms with E-state index in [1.807, 2.05) is 54.6 Å². The Morgan fingerprint density at radius 3 is 2.37 bits per heavy atom. The molecule has 0 saturated carbocycles. The number of benzene rings is 2. The molecule has 0 atom stereocenters. The van der Waals surface area contributed by atoms with E-state index >= 15 is 0 Å². The second-order valence-corrected chi connectivity index (χ2v) is 8.86. The number of nitrogens with zero attached hydrogens (tertiary/aromatic N) is 2. The van der Waals surface area contributed by atoms with Crippen LogP contribution in [0, 0.1) is 0 Å². The zero-order chi connectivity index (χ0) is 19.9. The van der Waals surface area contributed by atoms with Gasteiger partial charge >= 0.3 is 0 Å². The molecule has 2 aromatic rings. The average Bonchev–Trinajstić information content (AvgIpc) is 2.66. The minimum atomic E-state index is -3.57. The normalized spacial score (nSPS) is 11.1. The average molecular weight is 408 g/mol. The van der Waals surface area contributed by atoms with E-state index in [4.69, 9.17) is 0 Å². The van der Waals surface area contributed by atoms with Crippen LogP contribution in [0.4, 0.5) is 11.4 Å². The number of amides is 1. The van der Waals surface area contributed by atoms with Crippen molar-refractivity contribution in [1.82, 2.24) is 5.32 Å². The van der Waals surface area contributed by atoms with E-state index in [2.05, 4.69) is 5.32 Å². The number of thioether (sulfide) groups is 1. The summed E-state index contributed by atoms with van der Waals surface area (Å²) in [6, 6.07) is 17.0. The van der Waals surface area contributed by atoms with Crippen LogP contribution < -0.4 is 14.5 Å². The Labute approximate surface area is 165 Å². The molecule has 0 fully saturated rings. The zero-order valence-electron chi connectivity index (χ0n) is 15.8. The van der Waals surface area contributed by atoms with Crippen molar-refractivity contribution in [1.29, 1.82) is 0 Å². The molecule has 0 spiro atoms. The van der Waals surface area contributed by atoms with Crippen LogP contribution in [-0.4, -0.2) is 53.5 Å². The molecular formula is C19H25N3O3S2. The van der Waals surface area contributed by atoms with Crippen LogP contribution in [0.3, 0.4) is 0 Å². The predicted molar refractivity (Wildman–Crippen MR) is 113 cm³/mol. The van der Waals surface area contributed by atoms with Gasteiger partial charge < -0.3 is 10.2 Å². The van der Waals surface area contributed by atoms with Gasteiger partial charge in [0.05, 0.1) is 11.9 Å². The Balaban J connectivity index is 1.96. The molecule has 0 heterocycles. The molecule has 0 aliphatic rings. The van der Waals surface area contributed by atoms with Gasteiger partial charge in [-0.3, -0.25) is 9.10 Å². The lowest BCUT2D eigenvalue weighted by Gasteiger charge is -2.23. The number of carbonyl (C=O) groups is 1. The predicted octanol–water partition coefficient (Wildman–Crippen LogP) is 2.43. The smallest absolute Gasteiger partial charge is 0.240 e. The van der Waals surface area contributed by atoms with Gasteiger partial charge in [0, 0.05) is 30.7 Å². The van der Waals surface area contributed by atoms with Crippen molar-refractivity contribution in [3.05, 3.63) is 54.6 Å². The molecule has 0 unspecified atom stereocenters. The highest BCUT2D eigenvalue weighted by Gasteiger charge is 2.21. The number of nitrogens with one attached hydrogen (secondary N) is 1. The summed E-state index contributed by atoms with van der Waals surface area (Å²) in [4.78, 5) is 15.3. The zero-order valence-corrected chi connectivity index (χ0v) is 17.4. The third-order valence-electron chi connectivity index (χ3n) is 4.00. The van der Waals surface area contributed by atoms with Gasteiger partial charge in [0.15, 0.2) is 0 Å². The Bertz CT molecular complexity index is 858. The Hall–Kier alpha value is -2.19. The van der Waals surface area contributed by atoms with E-state index in [9.17, 15) is 13.2 Å². The summed E-state index contributed by atoms with van der Waals surface area (Å²) in [5, 5.41) is 2.79. The third kappa shape index (κ3) is 6.48. The second-order valence-electron chi connectivity index (χ2n) is 6.08. The number of hydrogen-bond acceptors (Lipinski definition) is 5. The molecule has 0 radical (unpaired) electrons. The number of rotatable bonds is 9. The number of para-hydroxylation sites is 1. The molecule has 0 aromatic heterocycles. The molecule has 2 rings (SSSR count). The van der Waals surface area contributed by atoms with E-state index in [1.165, 1.54) is 11.8 Å². The van der Waals surface area contributed by atoms with E-state index in [0.717, 1.165) is 21.1 Å². The Kier molecular flexibility index (Phi) is 7.55. The maximum Gasteiger partial charge on any atom is 0.240 e. The minimum absolute atomic E-state index is 0.244. The van der Waals surface area contributed by atoms with Gasteiger partial charge in [0.1, 0.15) is 6.54 Å². The third-order valence-corrected chi connectivity index (χ3v) is 5.86. The van der Waals surface area contributed by atoms with E-state index in [1.54, 1.807) is 18.2 Å². The van der Waals surface area contributed by atoms with Crippen molar-refractivity contribution in [2.24, 2.45) is 0 Å². The van der Waals surface area contributed by atoms with Crippen LogP contribution >= 0.6 is 11.8 Å². The van der Waals surface area contributed by atoms with E-state index < -0.39 is 10.0 Å². The van der Waals surface area contributed by atoms with Gasteiger partial charge in [-0.2, -0.15) is 0 Å². The summed E-state index contributed by atoms with van der Waals surface area (Å²) in [6.45, 7) is 0.801. The highest BCUT2D eigenvalue weighted by molar-refractivity contribution is 7.98. The highest BCUT2D eigenvalue weighted by Crippen LogP contribution is 2.23. The first kappa shape index (κ1) is 21.1. The minimum Gasteiger partial charge on any atom is -0.373 e. The molecule has 1 N–H and O–H groups in total. The van der Waals surface area contributed by atoms with Crippen molar-refractivity contribution in [3.63, 3.8) is 0 Å². The fourth-order valence-corrected chi connectivity index (χ4v) is 3.83. The Morgan fingerprint density at radius 1 is 1.07 bits per heavy atom. The van der Waals surface area contributed by atoms with Crippen molar-refractivity contribution < 1.29 is 13.2 Å². The van der Waals surface area contributed by atoms with Crippen LogP contribution in [0.15, 0.2) is 59.5 Å². The number of anilines is 2. The van der Waals surface area contributed by atoms with Crippen molar-refractivity contribution in [2.45, 2.75) is 4.90 Å². The van der Waals surface area contributed by atoms with Gasteiger partial charge in [-0.15, -0.1) is 11.8 Å². The summed E-state index contributed by atoms with van der Waals surface area (Å²) >= 11 is 1.52. The molecule has 6 nitrogen and oxygen atoms in total. The van der Waals surface area contributed by atoms with Crippen LogP contribution in [0.1, 0.15) is 0 Å². The van der Waals surface area contributed by atoms with Crippen molar-refractivity contribution in [2.75, 3.05) is 48.4 Å². The first-order chi connectivity index (χ1) is 12.8. The van der Waals surface area contributed by atoms with Crippen LogP contribution in [0.25, 0.3) is 0 Å². The first-order valence-electron chi connectivity index (χ1n) is 8.46. The van der Waals surface area contributed by atoms with Gasteiger partial charge in [0.2, 0.25) is 15.9 Å². The molecule has 0 aliphatic heterocycles. The summed E-state index contributed by atoms with van der Waals surface area (Å²) in [6.07, 6.45) is 3.02. The van der Waals surface area contributed by atoms with E-state index in [-0.39, 0.29) is 12.5 Å². The molecule has 0 bridgehead atoms. The molecular weight excluding hydrogens is 382 g/mol. The largest absolute Gasteiger partial charge is 0.373 e. The molecule has 27 heavy (non-hydrogen) atoms. The summed E-state index contributed by atoms with van der Waals surface area (Å²) in [7, 11) is -1.63. The number of likely N-dealkylation sites (N-methyl/N-ethyl adjacent to an activating group) is 1. The Morgan fingerprint density at radius 2 is 1.74 bits per heavy atom. The van der Waals surface area contributed by atoms with Crippen molar-refractivity contribution in [3.8, 4) is 0 Å². The van der Waals surface area contributed by atoms with Gasteiger partial charge in [-0.25, -0.2) is 8.42 Å². The number of hydrogen-bond donors (Lipinski definition) is 1. The fourth-order valence-electron chi connectivity index (χ4n) is 2.53. The molecule has 8 heteroatoms. The standard InChI is InChI=1S/C19H25N3O3S2/c1-21(16-8-5-4-6-9-16)13-12-20-19(23)15-22(27(3,24)25)17-10-7-11-18(14-17)26-2/h4-11,14H,12-13,15H2,1-3H3,(H,20,23). The number of sulfonamides is 1. The lowest BCUT2D eigenvalue weighted by atomic mass is 10.3. The maximum atomic E-state index is 12.3. The first-order valence-corrected chi connectivity index (χ1v) is 11.5. The van der Waals surface area contributed by atoms with Gasteiger partial charge in [-0.1, -0.05) is 24.3 Å². The molecule has 0 saturated heterocycles. The fraction of sp³-hybridized carbons (Fsp3) is 0.316. The van der Waals surface area contributed by atoms with Crippen LogP contribution in [0.5, 0.6) is 0 Å². The van der Waals surface area contributed by atoms with Crippen LogP contribution in [-0.2, 0) is 14.8 Å². The summed E-state index contributed by atoms with van der Waals surface area (Å²) < 4.78 is 25.5. The van der Waals surface area contributed by atoms with Gasteiger partial charge in [-0.05, 0) is 36.6 Å². The van der Waals surface area contributed by atoms with E-state index in [0.29, 0.717) is 18.8 Å². The monoisotopic (exact) mass is 407 g/mol. The van der Waals surface area contributed by atoms with Gasteiger partial charge in [0.25, 0.3) is 0 Å². The SMILES string of the molecule is CSc1cccc(N(CC(=O)NCCN(C)c2ccccc2)S(C)(=O)=O)c1. The molecule has 2 aromatic carbocycles. The molecule has 0 aliphatic carbocycles. The van der Waals surface area contributed by atoms with Crippen LogP contribution in [0.2, 0.25) is 0 Å². The maximum absolute atomic E-state index is 12.3. The van der Waals surface area contributed by atoms with Crippen molar-refractivity contribution >= 4 is 39.1 Å². The number of carbonyl (C=O) groups excluding carboxylic acids is 1. The highest BCUT2D eigenvalue weighted by atomic mass is 32.2. The molecule has 1 amide bonds. The lowest BCUT2D eigenvalue weighted by Crippen LogP contribution is -2.42. The topological polar surface area (TPSA) is 69.7 Å².